The van der Waals surface area contributed by atoms with Gasteiger partial charge in [-0.2, -0.15) is 0 Å². The van der Waals surface area contributed by atoms with Crippen LogP contribution in [0.25, 0.3) is 0 Å². The average Bonchev–Trinajstić information content (AvgIpc) is 3.22. The van der Waals surface area contributed by atoms with E-state index in [1.807, 2.05) is 30.3 Å². The van der Waals surface area contributed by atoms with E-state index in [0.29, 0.717) is 24.4 Å². The number of rotatable bonds is 6. The summed E-state index contributed by atoms with van der Waals surface area (Å²) in [6.07, 6.45) is 3.06. The molecule has 3 rings (SSSR count). The van der Waals surface area contributed by atoms with E-state index < -0.39 is 11.5 Å². The molecule has 1 atom stereocenters. The zero-order valence-corrected chi connectivity index (χ0v) is 15.4. The van der Waals surface area contributed by atoms with Crippen LogP contribution in [0.5, 0.6) is 0 Å². The number of hydrogen-bond acceptors (Lipinski definition) is 3. The van der Waals surface area contributed by atoms with Crippen molar-refractivity contribution >= 4 is 11.7 Å². The van der Waals surface area contributed by atoms with Crippen molar-refractivity contribution in [2.45, 2.75) is 33.2 Å². The molecular formula is C21H24N2O3. The lowest BCUT2D eigenvalue weighted by atomic mass is 10.0. The van der Waals surface area contributed by atoms with Crippen LogP contribution in [0.1, 0.15) is 53.0 Å². The van der Waals surface area contributed by atoms with Gasteiger partial charge in [-0.05, 0) is 29.4 Å². The fraction of sp³-hybridized carbons (Fsp3) is 0.381. The summed E-state index contributed by atoms with van der Waals surface area (Å²) in [7, 11) is 1.48. The molecule has 5 heteroatoms. The van der Waals surface area contributed by atoms with Crippen LogP contribution in [0.4, 0.5) is 0 Å². The van der Waals surface area contributed by atoms with Gasteiger partial charge in [0.05, 0.1) is 6.54 Å². The van der Waals surface area contributed by atoms with Gasteiger partial charge in [0, 0.05) is 25.2 Å². The number of benzene rings is 1. The zero-order chi connectivity index (χ0) is 18.9. The molecule has 136 valence electrons. The van der Waals surface area contributed by atoms with E-state index >= 15 is 0 Å². The van der Waals surface area contributed by atoms with Crippen molar-refractivity contribution in [3.63, 3.8) is 0 Å². The van der Waals surface area contributed by atoms with Crippen molar-refractivity contribution in [2.75, 3.05) is 7.05 Å². The van der Waals surface area contributed by atoms with Gasteiger partial charge in [-0.3, -0.25) is 14.4 Å². The van der Waals surface area contributed by atoms with Gasteiger partial charge in [0.2, 0.25) is 0 Å². The van der Waals surface area contributed by atoms with Gasteiger partial charge in [-0.1, -0.05) is 44.2 Å². The minimum absolute atomic E-state index is 0.00402. The largest absolute Gasteiger partial charge is 0.355 e. The van der Waals surface area contributed by atoms with Crippen LogP contribution in [-0.2, 0) is 6.54 Å². The highest BCUT2D eigenvalue weighted by atomic mass is 16.2. The molecule has 0 bridgehead atoms. The van der Waals surface area contributed by atoms with E-state index in [-0.39, 0.29) is 16.8 Å². The average molecular weight is 352 g/mol. The van der Waals surface area contributed by atoms with E-state index in [2.05, 4.69) is 19.2 Å². The molecular weight excluding hydrogens is 328 g/mol. The second kappa shape index (κ2) is 6.90. The monoisotopic (exact) mass is 352 g/mol. The van der Waals surface area contributed by atoms with Crippen molar-refractivity contribution in [1.29, 1.82) is 0 Å². The van der Waals surface area contributed by atoms with Gasteiger partial charge in [0.1, 0.15) is 5.56 Å². The molecule has 0 spiro atoms. The molecule has 1 aromatic carbocycles. The summed E-state index contributed by atoms with van der Waals surface area (Å²) in [5, 5.41) is 2.48. The first kappa shape index (κ1) is 18.1. The number of aromatic nitrogens is 1. The molecule has 1 amide bonds. The van der Waals surface area contributed by atoms with Crippen LogP contribution < -0.4 is 10.9 Å². The molecule has 1 N–H and O–H groups in total. The van der Waals surface area contributed by atoms with E-state index in [4.69, 9.17) is 0 Å². The minimum atomic E-state index is -0.474. The summed E-state index contributed by atoms with van der Waals surface area (Å²) in [4.78, 5) is 37.5. The Labute approximate surface area is 153 Å². The minimum Gasteiger partial charge on any atom is -0.355 e. The maximum atomic E-state index is 12.7. The molecule has 0 aliphatic heterocycles. The fourth-order valence-corrected chi connectivity index (χ4v) is 3.25. The fourth-order valence-electron chi connectivity index (χ4n) is 3.25. The molecule has 1 fully saturated rings. The maximum absolute atomic E-state index is 12.7. The van der Waals surface area contributed by atoms with Crippen LogP contribution in [-0.4, -0.2) is 23.3 Å². The number of nitrogens with zero attached hydrogens (tertiary/aromatic N) is 1. The molecule has 1 aromatic heterocycles. The SMILES string of the molecule is CNC(=O)c1cc(C(=O)C[C@@H]2CC2(C)C)cn(Cc2ccccc2)c1=O. The Morgan fingerprint density at radius 3 is 2.46 bits per heavy atom. The van der Waals surface area contributed by atoms with Crippen LogP contribution in [0, 0.1) is 11.3 Å². The van der Waals surface area contributed by atoms with Crippen molar-refractivity contribution in [3.8, 4) is 0 Å². The zero-order valence-electron chi connectivity index (χ0n) is 15.4. The summed E-state index contributed by atoms with van der Waals surface area (Å²) < 4.78 is 1.45. The molecule has 1 aliphatic rings. The Balaban J connectivity index is 1.96. The van der Waals surface area contributed by atoms with E-state index in [9.17, 15) is 14.4 Å². The first-order valence-electron chi connectivity index (χ1n) is 8.85. The van der Waals surface area contributed by atoms with E-state index in [1.54, 1.807) is 6.20 Å². The molecule has 0 saturated heterocycles. The first-order valence-corrected chi connectivity index (χ1v) is 8.85. The molecule has 26 heavy (non-hydrogen) atoms. The Hall–Kier alpha value is -2.69. The van der Waals surface area contributed by atoms with Gasteiger partial charge in [-0.15, -0.1) is 0 Å². The number of Topliss-reactive ketones (excluding diaryl/α,β-unsaturated/α-hetero) is 1. The molecule has 1 heterocycles. The third kappa shape index (κ3) is 3.77. The standard InChI is InChI=1S/C21H24N2O3/c1-21(2)11-16(21)10-18(24)15-9-17(19(25)22-3)20(26)23(13-15)12-14-7-5-4-6-8-14/h4-9,13,16H,10-12H2,1-3H3,(H,22,25)/t16-/m1/s1. The maximum Gasteiger partial charge on any atom is 0.263 e. The number of hydrogen-bond donors (Lipinski definition) is 1. The second-order valence-electron chi connectivity index (χ2n) is 7.66. The topological polar surface area (TPSA) is 68.2 Å². The number of carbonyl (C=O) groups is 2. The third-order valence-electron chi connectivity index (χ3n) is 5.22. The van der Waals surface area contributed by atoms with E-state index in [1.165, 1.54) is 17.7 Å². The predicted octanol–water partition coefficient (Wildman–Crippen LogP) is 2.88. The lowest BCUT2D eigenvalue weighted by molar-refractivity contribution is 0.0961. The lowest BCUT2D eigenvalue weighted by Gasteiger charge is -2.11. The Morgan fingerprint density at radius 1 is 1.23 bits per heavy atom. The summed E-state index contributed by atoms with van der Waals surface area (Å²) in [6.45, 7) is 4.62. The Morgan fingerprint density at radius 2 is 1.88 bits per heavy atom. The van der Waals surface area contributed by atoms with Gasteiger partial charge < -0.3 is 9.88 Å². The van der Waals surface area contributed by atoms with Gasteiger partial charge in [0.15, 0.2) is 5.78 Å². The van der Waals surface area contributed by atoms with E-state index in [0.717, 1.165) is 12.0 Å². The summed E-state index contributed by atoms with van der Waals surface area (Å²) in [5.41, 5.74) is 1.17. The highest BCUT2D eigenvalue weighted by Gasteiger charge is 2.46. The van der Waals surface area contributed by atoms with Crippen LogP contribution in [0.15, 0.2) is 47.4 Å². The number of carbonyl (C=O) groups excluding carboxylic acids is 2. The summed E-state index contributed by atoms with van der Waals surface area (Å²) in [6, 6.07) is 10.9. The van der Waals surface area contributed by atoms with Gasteiger partial charge >= 0.3 is 0 Å². The second-order valence-corrected chi connectivity index (χ2v) is 7.66. The first-order chi connectivity index (χ1) is 12.3. The molecule has 1 aliphatic carbocycles. The van der Waals surface area contributed by atoms with Crippen molar-refractivity contribution in [3.05, 3.63) is 69.6 Å². The molecule has 0 radical (unpaired) electrons. The third-order valence-corrected chi connectivity index (χ3v) is 5.22. The van der Waals surface area contributed by atoms with Crippen LogP contribution in [0.3, 0.4) is 0 Å². The Kier molecular flexibility index (Phi) is 4.81. The van der Waals surface area contributed by atoms with Crippen LogP contribution >= 0.6 is 0 Å². The van der Waals surface area contributed by atoms with Gasteiger partial charge in [-0.25, -0.2) is 0 Å². The normalized spacial score (nSPS) is 17.6. The highest BCUT2D eigenvalue weighted by molar-refractivity contribution is 6.00. The predicted molar refractivity (Wildman–Crippen MR) is 100 cm³/mol. The lowest BCUT2D eigenvalue weighted by Crippen LogP contribution is -2.32. The number of ketones is 1. The molecule has 1 saturated carbocycles. The number of amides is 1. The van der Waals surface area contributed by atoms with Gasteiger partial charge in [0.25, 0.3) is 11.5 Å². The molecule has 5 nitrogen and oxygen atoms in total. The Bertz CT molecular complexity index is 897. The van der Waals surface area contributed by atoms with Crippen LogP contribution in [0.2, 0.25) is 0 Å². The highest BCUT2D eigenvalue weighted by Crippen LogP contribution is 2.53. The smallest absolute Gasteiger partial charge is 0.263 e. The number of pyridine rings is 1. The quantitative estimate of drug-likeness (QED) is 0.813. The van der Waals surface area contributed by atoms with Crippen molar-refractivity contribution < 1.29 is 9.59 Å². The summed E-state index contributed by atoms with van der Waals surface area (Å²) in [5.74, 6) is -0.126. The van der Waals surface area contributed by atoms with Crippen molar-refractivity contribution in [1.82, 2.24) is 9.88 Å². The molecule has 2 aromatic rings. The van der Waals surface area contributed by atoms with Crippen molar-refractivity contribution in [2.24, 2.45) is 11.3 Å². The number of nitrogens with one attached hydrogen (secondary N) is 1. The molecule has 0 unspecified atom stereocenters. The summed E-state index contributed by atoms with van der Waals surface area (Å²) >= 11 is 0.